The van der Waals surface area contributed by atoms with E-state index in [1.54, 1.807) is 0 Å². The van der Waals surface area contributed by atoms with Gasteiger partial charge >= 0.3 is 0 Å². The summed E-state index contributed by atoms with van der Waals surface area (Å²) in [5.74, 6) is 2.44. The Balaban J connectivity index is 1.31. The van der Waals surface area contributed by atoms with Crippen LogP contribution in [0.4, 0.5) is 11.8 Å². The van der Waals surface area contributed by atoms with E-state index in [0.717, 1.165) is 24.8 Å². The molecule has 0 amide bonds. The number of nitrogens with zero attached hydrogens (tertiary/aromatic N) is 4. The number of hydrogen-bond acceptors (Lipinski definition) is 5. The van der Waals surface area contributed by atoms with Crippen molar-refractivity contribution in [3.63, 3.8) is 0 Å². The molecule has 1 aliphatic heterocycles. The number of benzene rings is 1. The number of hydrogen-bond donors (Lipinski definition) is 1. The summed E-state index contributed by atoms with van der Waals surface area (Å²) < 4.78 is 0. The van der Waals surface area contributed by atoms with Crippen LogP contribution in [-0.4, -0.2) is 34.3 Å². The minimum absolute atomic E-state index is 0.501. The first-order valence-corrected chi connectivity index (χ1v) is 10.6. The summed E-state index contributed by atoms with van der Waals surface area (Å²) in [6.45, 7) is 2.11. The monoisotopic (exact) mass is 365 g/mol. The quantitative estimate of drug-likeness (QED) is 0.793. The minimum Gasteiger partial charge on any atom is -0.355 e. The summed E-state index contributed by atoms with van der Waals surface area (Å²) in [5.41, 5.74) is 1.45. The fraction of sp³-hybridized carbons (Fsp3) is 0.591. The van der Waals surface area contributed by atoms with Crippen molar-refractivity contribution in [1.29, 1.82) is 0 Å². The van der Waals surface area contributed by atoms with Crippen LogP contribution in [0.25, 0.3) is 0 Å². The van der Waals surface area contributed by atoms with Crippen molar-refractivity contribution in [3.8, 4) is 0 Å². The second kappa shape index (κ2) is 9.16. The molecule has 1 N–H and O–H groups in total. The molecule has 5 heteroatoms. The molecule has 144 valence electrons. The van der Waals surface area contributed by atoms with Gasteiger partial charge in [0.2, 0.25) is 5.95 Å². The van der Waals surface area contributed by atoms with Gasteiger partial charge in [0.05, 0.1) is 6.20 Å². The fourth-order valence-corrected chi connectivity index (χ4v) is 4.43. The van der Waals surface area contributed by atoms with E-state index < -0.39 is 0 Å². The minimum atomic E-state index is 0.501. The van der Waals surface area contributed by atoms with Crippen molar-refractivity contribution in [2.24, 2.45) is 5.92 Å². The van der Waals surface area contributed by atoms with Crippen LogP contribution in [0.2, 0.25) is 0 Å². The van der Waals surface area contributed by atoms with Gasteiger partial charge in [-0.1, -0.05) is 56.0 Å². The molecule has 2 aromatic rings. The second-order valence-corrected chi connectivity index (χ2v) is 8.09. The van der Waals surface area contributed by atoms with Gasteiger partial charge in [-0.15, -0.1) is 5.10 Å². The number of aromatic nitrogens is 3. The lowest BCUT2D eigenvalue weighted by Gasteiger charge is -2.32. The Morgan fingerprint density at radius 2 is 1.67 bits per heavy atom. The molecule has 27 heavy (non-hydrogen) atoms. The van der Waals surface area contributed by atoms with Crippen LogP contribution >= 0.6 is 0 Å². The van der Waals surface area contributed by atoms with Crippen LogP contribution in [0.3, 0.4) is 0 Å². The number of piperidine rings is 1. The summed E-state index contributed by atoms with van der Waals surface area (Å²) in [6.07, 6.45) is 13.2. The highest BCUT2D eigenvalue weighted by Gasteiger charge is 2.21. The van der Waals surface area contributed by atoms with Gasteiger partial charge in [-0.2, -0.15) is 10.1 Å². The maximum absolute atomic E-state index is 4.77. The normalized spacial score (nSPS) is 19.6. The van der Waals surface area contributed by atoms with Gasteiger partial charge < -0.3 is 10.2 Å². The van der Waals surface area contributed by atoms with Crippen molar-refractivity contribution in [2.75, 3.05) is 23.3 Å². The molecule has 2 aliphatic rings. The largest absolute Gasteiger partial charge is 0.355 e. The van der Waals surface area contributed by atoms with Gasteiger partial charge in [-0.05, 0) is 43.6 Å². The van der Waals surface area contributed by atoms with Gasteiger partial charge in [-0.3, -0.25) is 0 Å². The molecule has 0 spiro atoms. The Labute approximate surface area is 162 Å². The Kier molecular flexibility index (Phi) is 6.17. The molecule has 1 aromatic heterocycles. The Morgan fingerprint density at radius 1 is 0.926 bits per heavy atom. The highest BCUT2D eigenvalue weighted by molar-refractivity contribution is 5.41. The van der Waals surface area contributed by atoms with Crippen LogP contribution in [-0.2, 0) is 6.42 Å². The van der Waals surface area contributed by atoms with Crippen molar-refractivity contribution in [2.45, 2.75) is 63.8 Å². The van der Waals surface area contributed by atoms with Crippen molar-refractivity contribution < 1.29 is 0 Å². The van der Waals surface area contributed by atoms with E-state index in [4.69, 9.17) is 4.98 Å². The van der Waals surface area contributed by atoms with Crippen LogP contribution < -0.4 is 10.2 Å². The van der Waals surface area contributed by atoms with Crippen LogP contribution in [0, 0.1) is 5.92 Å². The molecule has 1 aliphatic carbocycles. The number of anilines is 2. The van der Waals surface area contributed by atoms with E-state index in [9.17, 15) is 0 Å². The highest BCUT2D eigenvalue weighted by Crippen LogP contribution is 2.25. The van der Waals surface area contributed by atoms with Crippen LogP contribution in [0.1, 0.15) is 56.9 Å². The van der Waals surface area contributed by atoms with E-state index in [2.05, 4.69) is 50.7 Å². The van der Waals surface area contributed by atoms with Crippen LogP contribution in [0.15, 0.2) is 36.5 Å². The highest BCUT2D eigenvalue weighted by atomic mass is 15.3. The SMILES string of the molecule is c1ccc(CC2CCN(c3cnnc(NC4CCCCCC4)n3)CC2)cc1. The molecule has 2 fully saturated rings. The fourth-order valence-electron chi connectivity index (χ4n) is 4.43. The van der Waals surface area contributed by atoms with Crippen molar-refractivity contribution in [3.05, 3.63) is 42.1 Å². The second-order valence-electron chi connectivity index (χ2n) is 8.09. The standard InChI is InChI=1S/C22H31N5/c1-2-7-11-20(10-6-1)24-22-25-21(17-23-26-22)27-14-12-19(13-15-27)16-18-8-4-3-5-9-18/h3-5,8-9,17,19-20H,1-2,6-7,10-16H2,(H,24,25,26). The van der Waals surface area contributed by atoms with Gasteiger partial charge in [0.15, 0.2) is 5.82 Å². The van der Waals surface area contributed by atoms with Gasteiger partial charge in [-0.25, -0.2) is 0 Å². The summed E-state index contributed by atoms with van der Waals surface area (Å²) in [4.78, 5) is 7.14. The molecule has 0 atom stereocenters. The Morgan fingerprint density at radius 3 is 2.41 bits per heavy atom. The Hall–Kier alpha value is -2.17. The van der Waals surface area contributed by atoms with E-state index >= 15 is 0 Å². The van der Waals surface area contributed by atoms with E-state index in [0.29, 0.717) is 12.0 Å². The molecule has 5 nitrogen and oxygen atoms in total. The van der Waals surface area contributed by atoms with E-state index in [1.807, 2.05) is 6.20 Å². The molecule has 0 radical (unpaired) electrons. The average molecular weight is 366 g/mol. The number of nitrogens with one attached hydrogen (secondary N) is 1. The zero-order valence-corrected chi connectivity index (χ0v) is 16.2. The Bertz CT molecular complexity index is 689. The average Bonchev–Trinajstić information content (AvgIpc) is 2.98. The topological polar surface area (TPSA) is 53.9 Å². The predicted octanol–water partition coefficient (Wildman–Crippen LogP) is 4.47. The van der Waals surface area contributed by atoms with Gasteiger partial charge in [0, 0.05) is 19.1 Å². The maximum atomic E-state index is 4.77. The molecular formula is C22H31N5. The number of rotatable bonds is 5. The first kappa shape index (κ1) is 18.2. The maximum Gasteiger partial charge on any atom is 0.244 e. The van der Waals surface area contributed by atoms with E-state index in [1.165, 1.54) is 63.4 Å². The molecule has 4 rings (SSSR count). The smallest absolute Gasteiger partial charge is 0.244 e. The predicted molar refractivity (Wildman–Crippen MR) is 110 cm³/mol. The van der Waals surface area contributed by atoms with Crippen LogP contribution in [0.5, 0.6) is 0 Å². The molecule has 1 saturated heterocycles. The third kappa shape index (κ3) is 5.18. The lowest BCUT2D eigenvalue weighted by atomic mass is 9.90. The van der Waals surface area contributed by atoms with Gasteiger partial charge in [0.25, 0.3) is 0 Å². The summed E-state index contributed by atoms with van der Waals surface area (Å²) >= 11 is 0. The lowest BCUT2D eigenvalue weighted by molar-refractivity contribution is 0.402. The molecule has 1 aromatic carbocycles. The van der Waals surface area contributed by atoms with Crippen molar-refractivity contribution in [1.82, 2.24) is 15.2 Å². The molecule has 0 unspecified atom stereocenters. The molecule has 2 heterocycles. The molecular weight excluding hydrogens is 334 g/mol. The van der Waals surface area contributed by atoms with Crippen molar-refractivity contribution >= 4 is 11.8 Å². The summed E-state index contributed by atoms with van der Waals surface area (Å²) in [6, 6.07) is 11.4. The lowest BCUT2D eigenvalue weighted by Crippen LogP contribution is -2.35. The van der Waals surface area contributed by atoms with Gasteiger partial charge in [0.1, 0.15) is 0 Å². The summed E-state index contributed by atoms with van der Waals surface area (Å²) in [7, 11) is 0. The third-order valence-electron chi connectivity index (χ3n) is 6.04. The zero-order chi connectivity index (χ0) is 18.3. The molecule has 1 saturated carbocycles. The third-order valence-corrected chi connectivity index (χ3v) is 6.04. The summed E-state index contributed by atoms with van der Waals surface area (Å²) in [5, 5.41) is 12.0. The van der Waals surface area contributed by atoms with E-state index in [-0.39, 0.29) is 0 Å². The molecule has 0 bridgehead atoms. The first-order valence-electron chi connectivity index (χ1n) is 10.6. The zero-order valence-electron chi connectivity index (χ0n) is 16.2. The first-order chi connectivity index (χ1) is 13.4.